The maximum Gasteiger partial charge on any atom is 0.416 e. The number of carbonyl (C=O) groups excluding carboxylic acids is 5. The smallest absolute Gasteiger partial charge is 0.416 e. The molecule has 4 aliphatic rings. The van der Waals surface area contributed by atoms with Crippen molar-refractivity contribution >= 4 is 47.3 Å². The molecule has 4 aromatic carbocycles. The van der Waals surface area contributed by atoms with Gasteiger partial charge in [0.25, 0.3) is 11.8 Å². The van der Waals surface area contributed by atoms with Crippen LogP contribution in [0.15, 0.2) is 60.7 Å². The fourth-order valence-electron chi connectivity index (χ4n) is 10.9. The molecule has 16 nitrogen and oxygen atoms in total. The molecule has 0 unspecified atom stereocenters. The molecule has 0 spiro atoms. The molecule has 0 bridgehead atoms. The summed E-state index contributed by atoms with van der Waals surface area (Å²) < 4.78 is 110. The lowest BCUT2D eigenvalue weighted by molar-refractivity contribution is -0.144. The first kappa shape index (κ1) is 65.0. The lowest BCUT2D eigenvalue weighted by Gasteiger charge is -2.32. The van der Waals surface area contributed by atoms with Gasteiger partial charge in [0, 0.05) is 38.6 Å². The molecule has 22 heteroatoms. The molecule has 2 fully saturated rings. The number of nitrogens with zero attached hydrogens (tertiary/aromatic N) is 4. The molecule has 4 amide bonds. The largest absolute Gasteiger partial charge is 0.489 e. The van der Waals surface area contributed by atoms with E-state index in [0.717, 1.165) is 70.6 Å². The van der Waals surface area contributed by atoms with Gasteiger partial charge in [-0.2, -0.15) is 26.3 Å². The number of likely N-dealkylation sites (N-methyl/N-ethyl adjacent to an activating group) is 2. The van der Waals surface area contributed by atoms with Gasteiger partial charge in [0.05, 0.1) is 31.1 Å². The molecule has 0 saturated heterocycles. The minimum atomic E-state index is -4.45. The van der Waals surface area contributed by atoms with Gasteiger partial charge in [-0.1, -0.05) is 37.1 Å². The van der Waals surface area contributed by atoms with Crippen LogP contribution >= 0.6 is 0 Å². The van der Waals surface area contributed by atoms with Crippen LogP contribution in [0.5, 0.6) is 11.5 Å². The Morgan fingerprint density at radius 1 is 0.588 bits per heavy atom. The highest BCUT2D eigenvalue weighted by molar-refractivity contribution is 6.03. The Labute approximate surface area is 491 Å². The van der Waals surface area contributed by atoms with Gasteiger partial charge in [-0.15, -0.1) is 0 Å². The number of benzene rings is 4. The first-order valence-corrected chi connectivity index (χ1v) is 28.4. The molecule has 2 aliphatic carbocycles. The number of hydrogen-bond donors (Lipinski definition) is 1. The molecule has 0 radical (unpaired) electrons. The second-order valence-corrected chi connectivity index (χ2v) is 24.1. The summed E-state index contributed by atoms with van der Waals surface area (Å²) in [4.78, 5) is 81.6. The third-order valence-electron chi connectivity index (χ3n) is 15.9. The van der Waals surface area contributed by atoms with E-state index in [4.69, 9.17) is 23.7 Å². The van der Waals surface area contributed by atoms with Crippen LogP contribution in [0.25, 0.3) is 0 Å². The molecule has 4 aromatic rings. The third kappa shape index (κ3) is 15.7. The summed E-state index contributed by atoms with van der Waals surface area (Å²) in [6.07, 6.45) is -5.47. The molecular formula is C63H76F6N4O12. The zero-order valence-corrected chi connectivity index (χ0v) is 50.0. The fourth-order valence-corrected chi connectivity index (χ4v) is 10.9. The van der Waals surface area contributed by atoms with Gasteiger partial charge in [-0.25, -0.2) is 9.59 Å². The number of carbonyl (C=O) groups is 6. The van der Waals surface area contributed by atoms with E-state index in [1.54, 1.807) is 90.1 Å². The maximum absolute atomic E-state index is 13.8. The quantitative estimate of drug-likeness (QED) is 0.0638. The van der Waals surface area contributed by atoms with Gasteiger partial charge in [0.2, 0.25) is 0 Å². The van der Waals surface area contributed by atoms with E-state index in [2.05, 4.69) is 0 Å². The Bertz CT molecular complexity index is 3160. The minimum absolute atomic E-state index is 0.0435. The summed E-state index contributed by atoms with van der Waals surface area (Å²) in [5, 5.41) is 9.46. The van der Waals surface area contributed by atoms with Crippen LogP contribution < -0.4 is 19.3 Å². The molecular weight excluding hydrogens is 1120 g/mol. The summed E-state index contributed by atoms with van der Waals surface area (Å²) >= 11 is 0. The van der Waals surface area contributed by atoms with Crippen LogP contribution in [0.1, 0.15) is 160 Å². The number of anilines is 2. The Morgan fingerprint density at radius 3 is 1.28 bits per heavy atom. The van der Waals surface area contributed by atoms with E-state index < -0.39 is 89.1 Å². The van der Waals surface area contributed by atoms with E-state index in [1.165, 1.54) is 43.1 Å². The van der Waals surface area contributed by atoms with Crippen molar-refractivity contribution in [2.45, 2.75) is 180 Å². The molecule has 462 valence electrons. The first-order chi connectivity index (χ1) is 39.7. The maximum atomic E-state index is 13.8. The van der Waals surface area contributed by atoms with E-state index in [-0.39, 0.29) is 38.0 Å². The Morgan fingerprint density at radius 2 is 0.965 bits per heavy atom. The normalized spacial score (nSPS) is 15.9. The number of esters is 1. The number of halogens is 6. The van der Waals surface area contributed by atoms with Gasteiger partial charge in [-0.05, 0) is 187 Å². The Hall–Kier alpha value is -7.52. The number of carboxylic acid groups (broad SMARTS) is 1. The highest BCUT2D eigenvalue weighted by Crippen LogP contribution is 2.46. The third-order valence-corrected chi connectivity index (χ3v) is 15.9. The van der Waals surface area contributed by atoms with E-state index >= 15 is 0 Å². The monoisotopic (exact) mass is 1190 g/mol. The highest BCUT2D eigenvalue weighted by atomic mass is 19.4. The first-order valence-electron chi connectivity index (χ1n) is 28.4. The number of ether oxygens (including phenoxy) is 5. The van der Waals surface area contributed by atoms with Crippen molar-refractivity contribution in [3.63, 3.8) is 0 Å². The number of carboxylic acids is 1. The van der Waals surface area contributed by atoms with Crippen LogP contribution in [0.4, 0.5) is 47.3 Å². The van der Waals surface area contributed by atoms with Crippen LogP contribution in [-0.4, -0.2) is 108 Å². The number of rotatable bonds is 16. The molecule has 1 N–H and O–H groups in total. The number of hydrogen-bond acceptors (Lipinski definition) is 11. The van der Waals surface area contributed by atoms with Gasteiger partial charge >= 0.3 is 36.5 Å². The van der Waals surface area contributed by atoms with Crippen molar-refractivity contribution in [3.8, 4) is 11.5 Å². The minimum Gasteiger partial charge on any atom is -0.489 e. The van der Waals surface area contributed by atoms with Gasteiger partial charge in [-0.3, -0.25) is 29.0 Å². The average Bonchev–Trinajstić information content (AvgIpc) is 2.09. The second-order valence-electron chi connectivity index (χ2n) is 24.1. The lowest BCUT2D eigenvalue weighted by Crippen LogP contribution is -2.51. The Balaban J connectivity index is 0.000000244. The molecule has 8 rings (SSSR count). The van der Waals surface area contributed by atoms with Crippen molar-refractivity contribution in [2.75, 3.05) is 44.1 Å². The van der Waals surface area contributed by atoms with E-state index in [9.17, 15) is 60.2 Å². The number of methoxy groups -OCH3 is 1. The Kier molecular flexibility index (Phi) is 19.9. The van der Waals surface area contributed by atoms with Crippen molar-refractivity contribution in [1.82, 2.24) is 9.80 Å². The number of amides is 4. The van der Waals surface area contributed by atoms with Gasteiger partial charge < -0.3 is 38.6 Å². The predicted molar refractivity (Wildman–Crippen MR) is 304 cm³/mol. The zero-order chi connectivity index (χ0) is 62.7. The standard InChI is InChI=1S/C32H39F3N2O6.C31H37F3N2O6/c1-19-22-14-15-37(29(39)26(17-28(38)41-6)36(5)30(40)43-31(2,3)4)25(22)12-13-27(19)42-18-20-10-11-23(21-8-7-9-21)24(16-20)32(33,34)35;1-18-21-13-14-36(28(39)25(16-27(37)38)35(5)29(40)42-30(2,3)4)24(21)11-12-26(18)41-17-19-9-10-22(20-7-6-8-20)23(15-19)31(32,33)34/h10-13,16,21,26H,7-9,14-15,17-18H2,1-6H3;9-12,15,20,25H,6-8,13-14,16-17H2,1-5H3,(H,37,38)/t26-;25-/m11/s1. The SMILES string of the molecule is COC(=O)C[C@H](C(=O)N1CCc2c1ccc(OCc1ccc(C3CCC3)c(C(F)(F)F)c1)c2C)N(C)C(=O)OC(C)(C)C.Cc1c(OCc2ccc(C3CCC3)c(C(F)(F)F)c2)ccc2c1CCN2C(=O)[C@@H](CC(=O)O)N(C)C(=O)OC(C)(C)C. The summed E-state index contributed by atoms with van der Waals surface area (Å²) in [6, 6.07) is 13.1. The van der Waals surface area contributed by atoms with Crippen LogP contribution in [-0.2, 0) is 71.8 Å². The molecule has 2 heterocycles. The second kappa shape index (κ2) is 26.0. The number of fused-ring (bicyclic) bond motifs is 2. The van der Waals surface area contributed by atoms with Crippen molar-refractivity contribution in [2.24, 2.45) is 0 Å². The topological polar surface area (TPSA) is 182 Å². The predicted octanol–water partition coefficient (Wildman–Crippen LogP) is 13.0. The van der Waals surface area contributed by atoms with Gasteiger partial charge in [0.1, 0.15) is 48.0 Å². The lowest BCUT2D eigenvalue weighted by atomic mass is 9.78. The van der Waals surface area contributed by atoms with E-state index in [0.29, 0.717) is 64.5 Å². The summed E-state index contributed by atoms with van der Waals surface area (Å²) in [6.45, 7) is 14.3. The van der Waals surface area contributed by atoms with Crippen molar-refractivity contribution in [3.05, 3.63) is 116 Å². The number of alkyl halides is 6. The van der Waals surface area contributed by atoms with Crippen LogP contribution in [0.3, 0.4) is 0 Å². The molecule has 2 aliphatic heterocycles. The van der Waals surface area contributed by atoms with Crippen LogP contribution in [0.2, 0.25) is 0 Å². The zero-order valence-electron chi connectivity index (χ0n) is 50.0. The average molecular weight is 1200 g/mol. The molecule has 0 aromatic heterocycles. The van der Waals surface area contributed by atoms with Crippen molar-refractivity contribution < 1.29 is 83.9 Å². The molecule has 2 saturated carbocycles. The van der Waals surface area contributed by atoms with E-state index in [1.807, 2.05) is 13.8 Å². The van der Waals surface area contributed by atoms with Crippen LogP contribution in [0, 0.1) is 13.8 Å². The fraction of sp³-hybridized carbons (Fsp3) is 0.524. The van der Waals surface area contributed by atoms with Crippen molar-refractivity contribution in [1.29, 1.82) is 0 Å². The molecule has 85 heavy (non-hydrogen) atoms. The van der Waals surface area contributed by atoms with Gasteiger partial charge in [0.15, 0.2) is 0 Å². The number of aliphatic carboxylic acids is 1. The highest BCUT2D eigenvalue weighted by Gasteiger charge is 2.42. The summed E-state index contributed by atoms with van der Waals surface area (Å²) in [7, 11) is 3.95. The molecule has 2 atom stereocenters. The summed E-state index contributed by atoms with van der Waals surface area (Å²) in [5.41, 5.74) is 3.02. The summed E-state index contributed by atoms with van der Waals surface area (Å²) in [5.74, 6) is -2.03.